The van der Waals surface area contributed by atoms with Gasteiger partial charge in [0.25, 0.3) is 0 Å². The predicted molar refractivity (Wildman–Crippen MR) is 51.9 cm³/mol. The van der Waals surface area contributed by atoms with E-state index in [1.54, 1.807) is 10.9 Å². The number of hydrogen-bond donors (Lipinski definition) is 0. The van der Waals surface area contributed by atoms with E-state index in [-0.39, 0.29) is 21.1 Å². The fourth-order valence-corrected chi connectivity index (χ4v) is 1.28. The molecule has 0 aliphatic rings. The summed E-state index contributed by atoms with van der Waals surface area (Å²) in [5.74, 6) is 0. The molecule has 15 heavy (non-hydrogen) atoms. The van der Waals surface area contributed by atoms with E-state index in [1.165, 1.54) is 0 Å². The Balaban J connectivity index is 0.00000112. The smallest absolute Gasteiger partial charge is 0.103 e. The standard InChI is InChI=1S/C11H8N3.Pt/c1-9-10(7-12)8-13-14(9)11-5-3-2-4-6-11;/h2-5,8H,1H3;/q-1;. The summed E-state index contributed by atoms with van der Waals surface area (Å²) in [6, 6.07) is 12.7. The topological polar surface area (TPSA) is 41.6 Å². The first-order valence-corrected chi connectivity index (χ1v) is 4.25. The molecule has 1 heterocycles. The molecule has 3 nitrogen and oxygen atoms in total. The monoisotopic (exact) mass is 377 g/mol. The summed E-state index contributed by atoms with van der Waals surface area (Å²) in [7, 11) is 0. The molecule has 0 radical (unpaired) electrons. The molecule has 2 rings (SSSR count). The zero-order valence-corrected chi connectivity index (χ0v) is 10.3. The molecule has 0 amide bonds. The Morgan fingerprint density at radius 2 is 2.27 bits per heavy atom. The van der Waals surface area contributed by atoms with Crippen molar-refractivity contribution in [1.29, 1.82) is 5.26 Å². The molecule has 0 aliphatic heterocycles. The van der Waals surface area contributed by atoms with Crippen LogP contribution in [-0.2, 0) is 21.1 Å². The number of aromatic nitrogens is 2. The van der Waals surface area contributed by atoms with Crippen LogP contribution in [0.2, 0.25) is 0 Å². The van der Waals surface area contributed by atoms with Crippen molar-refractivity contribution in [3.8, 4) is 11.8 Å². The van der Waals surface area contributed by atoms with Gasteiger partial charge in [0.1, 0.15) is 6.07 Å². The van der Waals surface area contributed by atoms with E-state index in [1.807, 2.05) is 31.2 Å². The Hall–Kier alpha value is -1.39. The number of benzene rings is 1. The third kappa shape index (κ3) is 2.16. The summed E-state index contributed by atoms with van der Waals surface area (Å²) in [5.41, 5.74) is 2.30. The SMILES string of the molecule is Cc1c(C#N)cnn1-c1[c-]cccc1.[Pt]. The van der Waals surface area contributed by atoms with E-state index in [0.717, 1.165) is 11.4 Å². The number of nitriles is 1. The molecule has 0 saturated carbocycles. The van der Waals surface area contributed by atoms with Crippen molar-refractivity contribution >= 4 is 0 Å². The van der Waals surface area contributed by atoms with E-state index in [4.69, 9.17) is 5.26 Å². The van der Waals surface area contributed by atoms with E-state index in [0.29, 0.717) is 5.56 Å². The summed E-state index contributed by atoms with van der Waals surface area (Å²) >= 11 is 0. The van der Waals surface area contributed by atoms with Gasteiger partial charge in [-0.15, -0.1) is 6.07 Å². The first-order chi connectivity index (χ1) is 6.83. The molecule has 1 aromatic heterocycles. The first-order valence-electron chi connectivity index (χ1n) is 4.25. The van der Waals surface area contributed by atoms with Crippen molar-refractivity contribution in [2.75, 3.05) is 0 Å². The Morgan fingerprint density at radius 1 is 1.47 bits per heavy atom. The van der Waals surface area contributed by atoms with Crippen LogP contribution in [0.3, 0.4) is 0 Å². The summed E-state index contributed by atoms with van der Waals surface area (Å²) in [6.45, 7) is 1.87. The largest absolute Gasteiger partial charge is 0.261 e. The molecule has 0 unspecified atom stereocenters. The van der Waals surface area contributed by atoms with Gasteiger partial charge in [0.2, 0.25) is 0 Å². The minimum Gasteiger partial charge on any atom is -0.261 e. The van der Waals surface area contributed by atoms with Gasteiger partial charge in [-0.2, -0.15) is 34.6 Å². The summed E-state index contributed by atoms with van der Waals surface area (Å²) in [4.78, 5) is 0. The van der Waals surface area contributed by atoms with E-state index < -0.39 is 0 Å². The molecular formula is C11H8N3Pt-. The van der Waals surface area contributed by atoms with Gasteiger partial charge in [-0.3, -0.25) is 4.68 Å². The van der Waals surface area contributed by atoms with Crippen LogP contribution in [0, 0.1) is 24.3 Å². The maximum atomic E-state index is 8.77. The molecule has 1 aromatic carbocycles. The molecular weight excluding hydrogens is 369 g/mol. The Kier molecular flexibility index (Phi) is 3.82. The van der Waals surface area contributed by atoms with Gasteiger partial charge in [-0.05, 0) is 12.6 Å². The molecule has 0 N–H and O–H groups in total. The number of rotatable bonds is 1. The van der Waals surface area contributed by atoms with Crippen LogP contribution in [0.1, 0.15) is 11.3 Å². The van der Waals surface area contributed by atoms with Crippen LogP contribution >= 0.6 is 0 Å². The Labute approximate surface area is 103 Å². The molecule has 2 aromatic rings. The summed E-state index contributed by atoms with van der Waals surface area (Å²) in [6.07, 6.45) is 1.57. The molecule has 4 heteroatoms. The van der Waals surface area contributed by atoms with Crippen LogP contribution in [0.5, 0.6) is 0 Å². The maximum Gasteiger partial charge on any atom is 0.103 e. The fraction of sp³-hybridized carbons (Fsp3) is 0.0909. The van der Waals surface area contributed by atoms with Gasteiger partial charge < -0.3 is 0 Å². The van der Waals surface area contributed by atoms with Crippen molar-refractivity contribution in [3.63, 3.8) is 0 Å². The van der Waals surface area contributed by atoms with Crippen LogP contribution in [0.4, 0.5) is 0 Å². The third-order valence-electron chi connectivity index (χ3n) is 2.05. The maximum absolute atomic E-state index is 8.77. The summed E-state index contributed by atoms with van der Waals surface area (Å²) in [5, 5.41) is 12.9. The van der Waals surface area contributed by atoms with E-state index in [9.17, 15) is 0 Å². The molecule has 0 spiro atoms. The number of para-hydroxylation sites is 1. The van der Waals surface area contributed by atoms with Gasteiger partial charge in [-0.1, -0.05) is 0 Å². The second-order valence-corrected chi connectivity index (χ2v) is 2.92. The predicted octanol–water partition coefficient (Wildman–Crippen LogP) is 1.85. The van der Waals surface area contributed by atoms with Gasteiger partial charge in [-0.25, -0.2) is 0 Å². The summed E-state index contributed by atoms with van der Waals surface area (Å²) < 4.78 is 1.71. The molecule has 0 saturated heterocycles. The zero-order valence-electron chi connectivity index (χ0n) is 8.04. The average Bonchev–Trinajstić information content (AvgIpc) is 2.61. The minimum atomic E-state index is 0. The van der Waals surface area contributed by atoms with Crippen LogP contribution in [0.25, 0.3) is 5.69 Å². The van der Waals surface area contributed by atoms with Gasteiger partial charge in [0, 0.05) is 21.1 Å². The van der Waals surface area contributed by atoms with E-state index >= 15 is 0 Å². The first kappa shape index (κ1) is 11.7. The van der Waals surface area contributed by atoms with Crippen molar-refractivity contribution in [2.45, 2.75) is 6.92 Å². The minimum absolute atomic E-state index is 0. The van der Waals surface area contributed by atoms with Crippen molar-refractivity contribution in [1.82, 2.24) is 9.78 Å². The second kappa shape index (κ2) is 4.91. The Morgan fingerprint density at radius 3 is 2.80 bits per heavy atom. The molecule has 0 aliphatic carbocycles. The van der Waals surface area contributed by atoms with Gasteiger partial charge in [0.15, 0.2) is 0 Å². The zero-order chi connectivity index (χ0) is 9.97. The van der Waals surface area contributed by atoms with Crippen LogP contribution in [-0.4, -0.2) is 9.78 Å². The normalized spacial score (nSPS) is 9.07. The molecule has 0 atom stereocenters. The molecule has 0 bridgehead atoms. The number of hydrogen-bond acceptors (Lipinski definition) is 2. The van der Waals surface area contributed by atoms with Crippen LogP contribution in [0.15, 0.2) is 30.5 Å². The molecule has 78 valence electrons. The Bertz CT molecular complexity index is 482. The van der Waals surface area contributed by atoms with Crippen LogP contribution < -0.4 is 0 Å². The van der Waals surface area contributed by atoms with Crippen molar-refractivity contribution < 1.29 is 21.1 Å². The number of nitrogens with zero attached hydrogens (tertiary/aromatic N) is 3. The van der Waals surface area contributed by atoms with Crippen molar-refractivity contribution in [3.05, 3.63) is 47.8 Å². The van der Waals surface area contributed by atoms with Crippen molar-refractivity contribution in [2.24, 2.45) is 0 Å². The fourth-order valence-electron chi connectivity index (χ4n) is 1.28. The van der Waals surface area contributed by atoms with Gasteiger partial charge >= 0.3 is 0 Å². The third-order valence-corrected chi connectivity index (χ3v) is 2.05. The quantitative estimate of drug-likeness (QED) is 0.712. The second-order valence-electron chi connectivity index (χ2n) is 2.92. The average molecular weight is 377 g/mol. The van der Waals surface area contributed by atoms with E-state index in [2.05, 4.69) is 17.2 Å². The van der Waals surface area contributed by atoms with Gasteiger partial charge in [0.05, 0.1) is 17.5 Å². The molecule has 0 fully saturated rings.